The van der Waals surface area contributed by atoms with Crippen LogP contribution in [0.2, 0.25) is 5.02 Å². The first-order valence-electron chi connectivity index (χ1n) is 6.48. The van der Waals surface area contributed by atoms with Crippen molar-refractivity contribution in [3.63, 3.8) is 0 Å². The molecule has 1 aromatic carbocycles. The number of thioether (sulfide) groups is 1. The van der Waals surface area contributed by atoms with Gasteiger partial charge in [0.15, 0.2) is 0 Å². The number of pyridine rings is 1. The van der Waals surface area contributed by atoms with Crippen LogP contribution in [0.4, 0.5) is 0 Å². The summed E-state index contributed by atoms with van der Waals surface area (Å²) in [5.74, 6) is 1.20. The summed E-state index contributed by atoms with van der Waals surface area (Å²) in [5, 5.41) is 1.48. The molecule has 0 amide bonds. The van der Waals surface area contributed by atoms with Gasteiger partial charge in [0.05, 0.1) is 17.9 Å². The van der Waals surface area contributed by atoms with E-state index in [1.165, 1.54) is 11.8 Å². The molecule has 0 saturated carbocycles. The number of halogens is 1. The Bertz CT molecular complexity index is 646. The van der Waals surface area contributed by atoms with Crippen LogP contribution in [0.1, 0.15) is 11.1 Å². The van der Waals surface area contributed by atoms with Crippen LogP contribution in [-0.2, 0) is 11.2 Å². The molecule has 0 fully saturated rings. The van der Waals surface area contributed by atoms with E-state index in [2.05, 4.69) is 4.98 Å². The lowest BCUT2D eigenvalue weighted by atomic mass is 10.1. The summed E-state index contributed by atoms with van der Waals surface area (Å²) < 4.78 is 5.15. The zero-order valence-electron chi connectivity index (χ0n) is 11.9. The van der Waals surface area contributed by atoms with Crippen LogP contribution in [0.3, 0.4) is 0 Å². The van der Waals surface area contributed by atoms with Crippen LogP contribution in [-0.4, -0.2) is 23.6 Å². The molecule has 0 aliphatic rings. The van der Waals surface area contributed by atoms with Gasteiger partial charge in [-0.1, -0.05) is 29.4 Å². The third-order valence-corrected chi connectivity index (χ3v) is 4.51. The van der Waals surface area contributed by atoms with E-state index < -0.39 is 0 Å². The van der Waals surface area contributed by atoms with Crippen LogP contribution in [0, 0.1) is 6.92 Å². The first kappa shape index (κ1) is 15.9. The van der Waals surface area contributed by atoms with Gasteiger partial charge in [0, 0.05) is 17.6 Å². The van der Waals surface area contributed by atoms with Gasteiger partial charge in [-0.3, -0.25) is 4.79 Å². The van der Waals surface area contributed by atoms with Gasteiger partial charge in [-0.05, 0) is 42.3 Å². The van der Waals surface area contributed by atoms with Gasteiger partial charge in [0.1, 0.15) is 11.5 Å². The van der Waals surface area contributed by atoms with E-state index in [1.807, 2.05) is 19.1 Å². The van der Waals surface area contributed by atoms with Crippen LogP contribution >= 0.6 is 23.4 Å². The molecular weight excluding hydrogens is 306 g/mol. The Hall–Kier alpha value is -1.52. The van der Waals surface area contributed by atoms with Gasteiger partial charge >= 0.3 is 0 Å². The lowest BCUT2D eigenvalue weighted by molar-refractivity contribution is -0.116. The second-order valence-corrected chi connectivity index (χ2v) is 5.96. The largest absolute Gasteiger partial charge is 0.497 e. The highest BCUT2D eigenvalue weighted by Crippen LogP contribution is 2.24. The van der Waals surface area contributed by atoms with Crippen molar-refractivity contribution in [2.75, 3.05) is 12.9 Å². The first-order chi connectivity index (χ1) is 10.1. The summed E-state index contributed by atoms with van der Waals surface area (Å²) in [6.45, 7) is 1.98. The quantitative estimate of drug-likeness (QED) is 0.755. The Morgan fingerprint density at radius 2 is 2.19 bits per heavy atom. The summed E-state index contributed by atoms with van der Waals surface area (Å²) in [7, 11) is 1.59. The van der Waals surface area contributed by atoms with Crippen LogP contribution in [0.15, 0.2) is 41.6 Å². The first-order valence-corrected chi connectivity index (χ1v) is 7.85. The van der Waals surface area contributed by atoms with E-state index in [1.54, 1.807) is 31.5 Å². The summed E-state index contributed by atoms with van der Waals surface area (Å²) in [4.78, 5) is 16.4. The number of methoxy groups -OCH3 is 1. The van der Waals surface area contributed by atoms with E-state index in [4.69, 9.17) is 16.3 Å². The van der Waals surface area contributed by atoms with Crippen molar-refractivity contribution in [1.82, 2.24) is 4.98 Å². The predicted molar refractivity (Wildman–Crippen MR) is 86.4 cm³/mol. The predicted octanol–water partition coefficient (Wildman–Crippen LogP) is 3.96. The van der Waals surface area contributed by atoms with Crippen molar-refractivity contribution >= 4 is 29.1 Å². The fourth-order valence-corrected chi connectivity index (χ4v) is 2.86. The molecule has 2 aromatic rings. The highest BCUT2D eigenvalue weighted by molar-refractivity contribution is 7.99. The Morgan fingerprint density at radius 1 is 1.38 bits per heavy atom. The smallest absolute Gasteiger partial charge is 0.147 e. The fourth-order valence-electron chi connectivity index (χ4n) is 1.85. The molecule has 0 N–H and O–H groups in total. The minimum Gasteiger partial charge on any atom is -0.497 e. The maximum absolute atomic E-state index is 12.1. The SMILES string of the molecule is COc1ccc(Cl)c(CC(=O)CSc2ncccc2C)c1. The molecule has 1 aromatic heterocycles. The molecule has 110 valence electrons. The number of ether oxygens (including phenoxy) is 1. The molecule has 3 nitrogen and oxygen atoms in total. The van der Waals surface area contributed by atoms with Crippen molar-refractivity contribution in [1.29, 1.82) is 0 Å². The molecule has 21 heavy (non-hydrogen) atoms. The number of carbonyl (C=O) groups is 1. The van der Waals surface area contributed by atoms with Gasteiger partial charge in [-0.2, -0.15) is 0 Å². The van der Waals surface area contributed by atoms with Crippen LogP contribution in [0.25, 0.3) is 0 Å². The topological polar surface area (TPSA) is 39.2 Å². The Labute approximate surface area is 133 Å². The van der Waals surface area contributed by atoms with E-state index in [0.717, 1.165) is 16.2 Å². The molecular formula is C16H16ClNO2S. The highest BCUT2D eigenvalue weighted by Gasteiger charge is 2.10. The van der Waals surface area contributed by atoms with E-state index in [9.17, 15) is 4.79 Å². The van der Waals surface area contributed by atoms with Crippen LogP contribution < -0.4 is 4.74 Å². The molecule has 5 heteroatoms. The number of aryl methyl sites for hydroxylation is 1. The molecule has 0 bridgehead atoms. The van der Waals surface area contributed by atoms with E-state index in [-0.39, 0.29) is 5.78 Å². The minimum atomic E-state index is 0.111. The number of ketones is 1. The number of hydrogen-bond donors (Lipinski definition) is 0. The van der Waals surface area contributed by atoms with E-state index in [0.29, 0.717) is 22.9 Å². The molecule has 0 atom stereocenters. The molecule has 2 rings (SSSR count). The monoisotopic (exact) mass is 321 g/mol. The van der Waals surface area contributed by atoms with Crippen molar-refractivity contribution in [3.05, 3.63) is 52.7 Å². The molecule has 0 aliphatic heterocycles. The molecule has 0 unspecified atom stereocenters. The van der Waals surface area contributed by atoms with Gasteiger partial charge in [0.2, 0.25) is 0 Å². The summed E-state index contributed by atoms with van der Waals surface area (Å²) >= 11 is 7.57. The minimum absolute atomic E-state index is 0.111. The lowest BCUT2D eigenvalue weighted by Crippen LogP contribution is -2.07. The normalized spacial score (nSPS) is 10.4. The second kappa shape index (κ2) is 7.48. The van der Waals surface area contributed by atoms with Gasteiger partial charge < -0.3 is 4.74 Å². The molecule has 1 heterocycles. The number of carbonyl (C=O) groups excluding carboxylic acids is 1. The van der Waals surface area contributed by atoms with Crippen molar-refractivity contribution < 1.29 is 9.53 Å². The molecule has 0 spiro atoms. The third kappa shape index (κ3) is 4.48. The highest BCUT2D eigenvalue weighted by atomic mass is 35.5. The van der Waals surface area contributed by atoms with Crippen LogP contribution in [0.5, 0.6) is 5.75 Å². The zero-order valence-corrected chi connectivity index (χ0v) is 13.5. The maximum Gasteiger partial charge on any atom is 0.147 e. The number of hydrogen-bond acceptors (Lipinski definition) is 4. The number of rotatable bonds is 6. The molecule has 0 radical (unpaired) electrons. The standard InChI is InChI=1S/C16H16ClNO2S/c1-11-4-3-7-18-16(11)21-10-13(19)8-12-9-14(20-2)5-6-15(12)17/h3-7,9H,8,10H2,1-2H3. The number of nitrogens with zero attached hydrogens (tertiary/aromatic N) is 1. The Morgan fingerprint density at radius 3 is 2.90 bits per heavy atom. The average molecular weight is 322 g/mol. The average Bonchev–Trinajstić information content (AvgIpc) is 2.48. The fraction of sp³-hybridized carbons (Fsp3) is 0.250. The van der Waals surface area contributed by atoms with Gasteiger partial charge in [0.25, 0.3) is 0 Å². The maximum atomic E-state index is 12.1. The summed E-state index contributed by atoms with van der Waals surface area (Å²) in [6, 6.07) is 9.20. The summed E-state index contributed by atoms with van der Waals surface area (Å²) in [5.41, 5.74) is 1.87. The van der Waals surface area contributed by atoms with Gasteiger partial charge in [-0.15, -0.1) is 0 Å². The summed E-state index contributed by atoms with van der Waals surface area (Å²) in [6.07, 6.45) is 2.04. The zero-order chi connectivity index (χ0) is 15.2. The Kier molecular flexibility index (Phi) is 5.65. The second-order valence-electron chi connectivity index (χ2n) is 4.59. The number of aromatic nitrogens is 1. The number of benzene rings is 1. The van der Waals surface area contributed by atoms with E-state index >= 15 is 0 Å². The third-order valence-electron chi connectivity index (χ3n) is 2.97. The van der Waals surface area contributed by atoms with Crippen molar-refractivity contribution in [3.8, 4) is 5.75 Å². The number of Topliss-reactive ketones (excluding diaryl/α,β-unsaturated/α-hetero) is 1. The molecule has 0 saturated heterocycles. The van der Waals surface area contributed by atoms with Crippen molar-refractivity contribution in [2.24, 2.45) is 0 Å². The Balaban J connectivity index is 1.97. The lowest BCUT2D eigenvalue weighted by Gasteiger charge is -2.07. The van der Waals surface area contributed by atoms with Crippen molar-refractivity contribution in [2.45, 2.75) is 18.4 Å². The van der Waals surface area contributed by atoms with Gasteiger partial charge in [-0.25, -0.2) is 4.98 Å². The molecule has 0 aliphatic carbocycles.